The second kappa shape index (κ2) is 5.75. The molecule has 2 rings (SSSR count). The summed E-state index contributed by atoms with van der Waals surface area (Å²) in [6.45, 7) is 4.17. The molecule has 2 aromatic rings. The van der Waals surface area contributed by atoms with Crippen LogP contribution in [0, 0.1) is 6.92 Å². The minimum Gasteiger partial charge on any atom is -0.391 e. The highest BCUT2D eigenvalue weighted by Crippen LogP contribution is 2.16. The Hall–Kier alpha value is -2.02. The smallest absolute Gasteiger partial charge is 0.222 e. The van der Waals surface area contributed by atoms with Crippen molar-refractivity contribution in [2.45, 2.75) is 32.9 Å². The zero-order chi connectivity index (χ0) is 13.8. The average molecular weight is 262 g/mol. The van der Waals surface area contributed by atoms with Crippen LogP contribution in [0.5, 0.6) is 0 Å². The fourth-order valence-corrected chi connectivity index (χ4v) is 1.70. The van der Waals surface area contributed by atoms with Gasteiger partial charge in [-0.3, -0.25) is 0 Å². The van der Waals surface area contributed by atoms with Crippen LogP contribution in [0.15, 0.2) is 12.4 Å². The Morgan fingerprint density at radius 1 is 1.37 bits per heavy atom. The lowest BCUT2D eigenvalue weighted by atomic mass is 10.2. The van der Waals surface area contributed by atoms with Crippen molar-refractivity contribution < 1.29 is 5.11 Å². The summed E-state index contributed by atoms with van der Waals surface area (Å²) in [7, 11) is 1.76. The van der Waals surface area contributed by atoms with E-state index in [1.165, 1.54) is 0 Å². The molecule has 102 valence electrons. The molecule has 0 aliphatic rings. The molecule has 2 aromatic heterocycles. The lowest BCUT2D eigenvalue weighted by Crippen LogP contribution is -2.16. The standard InChI is InChI=1S/C12H18N6O/c1-4-10(19)7-18-11(16-8(2)17-18)9-5-14-12(13-3)15-6-9/h5-6,10,19H,4,7H2,1-3H3,(H,13,14,15)/t10-/m1/s1. The molecule has 0 unspecified atom stereocenters. The van der Waals surface area contributed by atoms with Crippen molar-refractivity contribution in [1.29, 1.82) is 0 Å². The van der Waals surface area contributed by atoms with Gasteiger partial charge in [-0.15, -0.1) is 0 Å². The first-order valence-electron chi connectivity index (χ1n) is 6.23. The zero-order valence-corrected chi connectivity index (χ0v) is 11.3. The van der Waals surface area contributed by atoms with Crippen molar-refractivity contribution in [1.82, 2.24) is 24.7 Å². The zero-order valence-electron chi connectivity index (χ0n) is 11.3. The molecule has 2 heterocycles. The highest BCUT2D eigenvalue weighted by atomic mass is 16.3. The van der Waals surface area contributed by atoms with E-state index in [1.807, 2.05) is 13.8 Å². The Morgan fingerprint density at radius 3 is 2.63 bits per heavy atom. The Balaban J connectivity index is 2.32. The molecule has 0 bridgehead atoms. The second-order valence-electron chi connectivity index (χ2n) is 4.27. The third-order valence-electron chi connectivity index (χ3n) is 2.77. The van der Waals surface area contributed by atoms with Crippen molar-refractivity contribution >= 4 is 5.95 Å². The maximum Gasteiger partial charge on any atom is 0.222 e. The van der Waals surface area contributed by atoms with Crippen LogP contribution in [0.25, 0.3) is 11.4 Å². The van der Waals surface area contributed by atoms with Crippen molar-refractivity contribution in [2.75, 3.05) is 12.4 Å². The second-order valence-corrected chi connectivity index (χ2v) is 4.27. The van der Waals surface area contributed by atoms with E-state index >= 15 is 0 Å². The van der Waals surface area contributed by atoms with Gasteiger partial charge in [-0.2, -0.15) is 5.10 Å². The summed E-state index contributed by atoms with van der Waals surface area (Å²) in [6, 6.07) is 0. The van der Waals surface area contributed by atoms with Gasteiger partial charge >= 0.3 is 0 Å². The van der Waals surface area contributed by atoms with Gasteiger partial charge < -0.3 is 10.4 Å². The molecule has 0 amide bonds. The molecule has 19 heavy (non-hydrogen) atoms. The minimum absolute atomic E-state index is 0.417. The summed E-state index contributed by atoms with van der Waals surface area (Å²) in [5, 5.41) is 16.9. The lowest BCUT2D eigenvalue weighted by Gasteiger charge is -2.10. The number of hydrogen-bond acceptors (Lipinski definition) is 6. The SMILES string of the molecule is CC[C@@H](O)Cn1nc(C)nc1-c1cnc(NC)nc1. The minimum atomic E-state index is -0.433. The monoisotopic (exact) mass is 262 g/mol. The van der Waals surface area contributed by atoms with Crippen LogP contribution >= 0.6 is 0 Å². The summed E-state index contributed by atoms with van der Waals surface area (Å²) in [4.78, 5) is 12.7. The van der Waals surface area contributed by atoms with E-state index in [1.54, 1.807) is 24.1 Å². The van der Waals surface area contributed by atoms with Crippen molar-refractivity contribution in [3.8, 4) is 11.4 Å². The van der Waals surface area contributed by atoms with E-state index in [9.17, 15) is 5.11 Å². The number of nitrogens with zero attached hydrogens (tertiary/aromatic N) is 5. The van der Waals surface area contributed by atoms with Crippen molar-refractivity contribution in [2.24, 2.45) is 0 Å². The average Bonchev–Trinajstić information content (AvgIpc) is 2.79. The normalized spacial score (nSPS) is 12.4. The fourth-order valence-electron chi connectivity index (χ4n) is 1.70. The maximum absolute atomic E-state index is 9.74. The van der Waals surface area contributed by atoms with Crippen LogP contribution in [-0.2, 0) is 6.54 Å². The summed E-state index contributed by atoms with van der Waals surface area (Å²) in [5.74, 6) is 1.89. The number of rotatable bonds is 5. The van der Waals surface area contributed by atoms with Crippen LogP contribution in [0.1, 0.15) is 19.2 Å². The molecule has 0 aliphatic carbocycles. The summed E-state index contributed by atoms with van der Waals surface area (Å²) >= 11 is 0. The van der Waals surface area contributed by atoms with Crippen LogP contribution in [0.3, 0.4) is 0 Å². The quantitative estimate of drug-likeness (QED) is 0.830. The molecule has 0 fully saturated rings. The summed E-state index contributed by atoms with van der Waals surface area (Å²) in [6.07, 6.45) is 3.62. The Kier molecular flexibility index (Phi) is 4.06. The predicted octanol–water partition coefficient (Wildman–Crippen LogP) is 0.856. The van der Waals surface area contributed by atoms with E-state index < -0.39 is 6.10 Å². The van der Waals surface area contributed by atoms with Gasteiger partial charge in [-0.05, 0) is 13.3 Å². The first kappa shape index (κ1) is 13.4. The van der Waals surface area contributed by atoms with E-state index in [-0.39, 0.29) is 0 Å². The molecule has 1 atom stereocenters. The summed E-state index contributed by atoms with van der Waals surface area (Å²) in [5.41, 5.74) is 0.780. The molecule has 0 spiro atoms. The Morgan fingerprint density at radius 2 is 2.05 bits per heavy atom. The first-order valence-corrected chi connectivity index (χ1v) is 6.23. The highest BCUT2D eigenvalue weighted by Gasteiger charge is 2.13. The molecular weight excluding hydrogens is 244 g/mol. The number of nitrogens with one attached hydrogen (secondary N) is 1. The van der Waals surface area contributed by atoms with Gasteiger partial charge in [-0.25, -0.2) is 19.6 Å². The molecule has 0 saturated carbocycles. The predicted molar refractivity (Wildman–Crippen MR) is 71.6 cm³/mol. The molecule has 0 aliphatic heterocycles. The lowest BCUT2D eigenvalue weighted by molar-refractivity contribution is 0.145. The van der Waals surface area contributed by atoms with Gasteiger partial charge in [0.15, 0.2) is 5.82 Å². The maximum atomic E-state index is 9.74. The molecule has 7 heteroatoms. The topological polar surface area (TPSA) is 88.8 Å². The van der Waals surface area contributed by atoms with Gasteiger partial charge in [0.2, 0.25) is 5.95 Å². The van der Waals surface area contributed by atoms with Crippen LogP contribution < -0.4 is 5.32 Å². The van der Waals surface area contributed by atoms with Crippen LogP contribution in [0.4, 0.5) is 5.95 Å². The van der Waals surface area contributed by atoms with E-state index in [4.69, 9.17) is 0 Å². The fraction of sp³-hybridized carbons (Fsp3) is 0.500. The van der Waals surface area contributed by atoms with Crippen LogP contribution in [-0.4, -0.2) is 43.0 Å². The molecular formula is C12H18N6O. The van der Waals surface area contributed by atoms with Gasteiger partial charge in [-0.1, -0.05) is 6.92 Å². The van der Waals surface area contributed by atoms with Crippen molar-refractivity contribution in [3.63, 3.8) is 0 Å². The number of anilines is 1. The summed E-state index contributed by atoms with van der Waals surface area (Å²) < 4.78 is 1.70. The van der Waals surface area contributed by atoms with Gasteiger partial charge in [0.1, 0.15) is 5.82 Å². The Labute approximate surface area is 111 Å². The van der Waals surface area contributed by atoms with Crippen LogP contribution in [0.2, 0.25) is 0 Å². The number of aryl methyl sites for hydroxylation is 1. The highest BCUT2D eigenvalue weighted by molar-refractivity contribution is 5.53. The number of aromatic nitrogens is 5. The number of aliphatic hydroxyl groups excluding tert-OH is 1. The molecule has 7 nitrogen and oxygen atoms in total. The molecule has 2 N–H and O–H groups in total. The van der Waals surface area contributed by atoms with Gasteiger partial charge in [0.05, 0.1) is 18.2 Å². The largest absolute Gasteiger partial charge is 0.391 e. The van der Waals surface area contributed by atoms with Gasteiger partial charge in [0, 0.05) is 19.4 Å². The Bertz CT molecular complexity index is 536. The van der Waals surface area contributed by atoms with E-state index in [0.29, 0.717) is 30.6 Å². The van der Waals surface area contributed by atoms with Crippen molar-refractivity contribution in [3.05, 3.63) is 18.2 Å². The number of aliphatic hydroxyl groups is 1. The number of hydrogen-bond donors (Lipinski definition) is 2. The third kappa shape index (κ3) is 3.05. The first-order chi connectivity index (χ1) is 9.13. The van der Waals surface area contributed by atoms with E-state index in [2.05, 4.69) is 25.4 Å². The third-order valence-corrected chi connectivity index (χ3v) is 2.77. The molecule has 0 radical (unpaired) electrons. The molecule has 0 saturated heterocycles. The molecule has 0 aromatic carbocycles. The van der Waals surface area contributed by atoms with E-state index in [0.717, 1.165) is 5.56 Å². The van der Waals surface area contributed by atoms with Gasteiger partial charge in [0.25, 0.3) is 0 Å².